The first kappa shape index (κ1) is 17.3. The zero-order chi connectivity index (χ0) is 14.0. The van der Waals surface area contributed by atoms with E-state index in [1.807, 2.05) is 27.7 Å². The molecule has 0 aliphatic carbocycles. The normalized spacial score (nSPS) is 12.3. The molecule has 0 saturated carbocycles. The van der Waals surface area contributed by atoms with Crippen LogP contribution in [-0.4, -0.2) is 36.0 Å². The number of carbonyl (C=O) groups excluding carboxylic acids is 2. The lowest BCUT2D eigenvalue weighted by Crippen LogP contribution is -2.39. The summed E-state index contributed by atoms with van der Waals surface area (Å²) in [4.78, 5) is 23.2. The van der Waals surface area contributed by atoms with Crippen molar-refractivity contribution >= 4 is 23.6 Å². The molecule has 1 atom stereocenters. The van der Waals surface area contributed by atoms with Gasteiger partial charge in [0, 0.05) is 0 Å². The fraction of sp³-hybridized carbons (Fsp3) is 0.846. The lowest BCUT2D eigenvalue weighted by molar-refractivity contribution is -0.144. The molecular formula is C13H25NO3S. The van der Waals surface area contributed by atoms with E-state index in [1.165, 1.54) is 0 Å². The number of thioether (sulfide) groups is 1. The van der Waals surface area contributed by atoms with Gasteiger partial charge >= 0.3 is 5.97 Å². The molecule has 18 heavy (non-hydrogen) atoms. The van der Waals surface area contributed by atoms with E-state index in [2.05, 4.69) is 5.32 Å². The first-order valence-corrected chi connectivity index (χ1v) is 7.62. The number of hydrogen-bond acceptors (Lipinski definition) is 4. The van der Waals surface area contributed by atoms with Crippen molar-refractivity contribution in [3.05, 3.63) is 0 Å². The van der Waals surface area contributed by atoms with E-state index in [4.69, 9.17) is 4.74 Å². The lowest BCUT2D eigenvalue weighted by Gasteiger charge is -2.18. The van der Waals surface area contributed by atoms with Crippen molar-refractivity contribution in [2.75, 3.05) is 18.9 Å². The van der Waals surface area contributed by atoms with Gasteiger partial charge in [-0.05, 0) is 18.1 Å². The monoisotopic (exact) mass is 275 g/mol. The number of esters is 1. The van der Waals surface area contributed by atoms with Gasteiger partial charge in [-0.25, -0.2) is 0 Å². The number of hydrogen-bond donors (Lipinski definition) is 1. The first-order valence-electron chi connectivity index (χ1n) is 6.57. The number of nitrogens with one attached hydrogen (secondary N) is 1. The Morgan fingerprint density at radius 2 is 1.94 bits per heavy atom. The van der Waals surface area contributed by atoms with E-state index in [1.54, 1.807) is 11.8 Å². The van der Waals surface area contributed by atoms with Crippen LogP contribution in [0.25, 0.3) is 0 Å². The predicted octanol–water partition coefficient (Wildman–Crippen LogP) is 2.22. The number of unbranched alkanes of at least 4 members (excludes halogenated alkanes) is 1. The number of ether oxygens (including phenoxy) is 1. The van der Waals surface area contributed by atoms with Crippen LogP contribution in [0, 0.1) is 5.92 Å². The summed E-state index contributed by atoms with van der Waals surface area (Å²) in [5.41, 5.74) is 0. The van der Waals surface area contributed by atoms with E-state index in [0.29, 0.717) is 6.61 Å². The molecule has 1 unspecified atom stereocenters. The van der Waals surface area contributed by atoms with E-state index in [-0.39, 0.29) is 29.6 Å². The van der Waals surface area contributed by atoms with Crippen LogP contribution >= 0.6 is 11.8 Å². The second-order valence-corrected chi connectivity index (χ2v) is 5.83. The smallest absolute Gasteiger partial charge is 0.325 e. The van der Waals surface area contributed by atoms with Crippen LogP contribution < -0.4 is 5.32 Å². The van der Waals surface area contributed by atoms with E-state index < -0.39 is 0 Å². The maximum absolute atomic E-state index is 11.9. The quantitative estimate of drug-likeness (QED) is 0.518. The predicted molar refractivity (Wildman–Crippen MR) is 75.6 cm³/mol. The minimum atomic E-state index is -0.360. The van der Waals surface area contributed by atoms with Crippen molar-refractivity contribution < 1.29 is 14.3 Å². The fourth-order valence-electron chi connectivity index (χ4n) is 1.39. The van der Waals surface area contributed by atoms with Crippen molar-refractivity contribution in [1.29, 1.82) is 0 Å². The Bertz CT molecular complexity index is 257. The van der Waals surface area contributed by atoms with Crippen LogP contribution in [-0.2, 0) is 14.3 Å². The van der Waals surface area contributed by atoms with Crippen LogP contribution in [0.4, 0.5) is 0 Å². The van der Waals surface area contributed by atoms with Crippen molar-refractivity contribution in [2.24, 2.45) is 5.92 Å². The number of amides is 1. The van der Waals surface area contributed by atoms with Gasteiger partial charge in [0.25, 0.3) is 0 Å². The molecule has 0 heterocycles. The van der Waals surface area contributed by atoms with Gasteiger partial charge in [0.05, 0.1) is 11.9 Å². The molecule has 1 N–H and O–H groups in total. The molecule has 0 aliphatic heterocycles. The van der Waals surface area contributed by atoms with E-state index >= 15 is 0 Å². The van der Waals surface area contributed by atoms with Gasteiger partial charge in [-0.1, -0.05) is 34.1 Å². The Kier molecular flexibility index (Phi) is 9.83. The van der Waals surface area contributed by atoms with Crippen molar-refractivity contribution in [3.8, 4) is 0 Å². The van der Waals surface area contributed by atoms with E-state index in [9.17, 15) is 9.59 Å². The third-order valence-electron chi connectivity index (χ3n) is 2.38. The molecule has 0 aliphatic rings. The van der Waals surface area contributed by atoms with Crippen LogP contribution in [0.3, 0.4) is 0 Å². The van der Waals surface area contributed by atoms with Gasteiger partial charge in [0.15, 0.2) is 0 Å². The van der Waals surface area contributed by atoms with Crippen LogP contribution in [0.15, 0.2) is 0 Å². The highest BCUT2D eigenvalue weighted by Gasteiger charge is 2.22. The van der Waals surface area contributed by atoms with E-state index in [0.717, 1.165) is 18.6 Å². The molecule has 0 spiro atoms. The van der Waals surface area contributed by atoms with Gasteiger partial charge in [0.1, 0.15) is 6.54 Å². The van der Waals surface area contributed by atoms with Gasteiger partial charge in [-0.15, -0.1) is 11.8 Å². The van der Waals surface area contributed by atoms with Crippen LogP contribution in [0.1, 0.15) is 40.5 Å². The van der Waals surface area contributed by atoms with Gasteiger partial charge in [0.2, 0.25) is 5.91 Å². The molecule has 0 aromatic rings. The maximum atomic E-state index is 11.9. The molecule has 0 rings (SSSR count). The highest BCUT2D eigenvalue weighted by molar-refractivity contribution is 8.00. The topological polar surface area (TPSA) is 55.4 Å². The summed E-state index contributed by atoms with van der Waals surface area (Å²) >= 11 is 1.60. The first-order chi connectivity index (χ1) is 8.52. The molecule has 1 amide bonds. The lowest BCUT2D eigenvalue weighted by atomic mass is 10.1. The SMILES string of the molecule is CCCCOC(=O)CNC(=O)C(SCC)C(C)C. The average Bonchev–Trinajstić information content (AvgIpc) is 2.33. The molecule has 106 valence electrons. The summed E-state index contributed by atoms with van der Waals surface area (Å²) in [6, 6.07) is 0. The summed E-state index contributed by atoms with van der Waals surface area (Å²) in [5.74, 6) is 0.702. The Morgan fingerprint density at radius 1 is 1.28 bits per heavy atom. The fourth-order valence-corrected chi connectivity index (χ4v) is 2.37. The summed E-state index contributed by atoms with van der Waals surface area (Å²) in [6.45, 7) is 8.47. The van der Waals surface area contributed by atoms with Gasteiger partial charge < -0.3 is 10.1 Å². The van der Waals surface area contributed by atoms with Crippen molar-refractivity contribution in [3.63, 3.8) is 0 Å². The highest BCUT2D eigenvalue weighted by Crippen LogP contribution is 2.19. The Labute approximate surface area is 114 Å². The third kappa shape index (κ3) is 7.58. The zero-order valence-corrected chi connectivity index (χ0v) is 12.6. The van der Waals surface area contributed by atoms with Crippen LogP contribution in [0.5, 0.6) is 0 Å². The summed E-state index contributed by atoms with van der Waals surface area (Å²) < 4.78 is 4.97. The third-order valence-corrected chi connectivity index (χ3v) is 3.83. The summed E-state index contributed by atoms with van der Waals surface area (Å²) in [7, 11) is 0. The standard InChI is InChI=1S/C13H25NO3S/c1-5-7-8-17-11(15)9-14-13(16)12(10(3)4)18-6-2/h10,12H,5-9H2,1-4H3,(H,14,16). The minimum absolute atomic E-state index is 0.0317. The largest absolute Gasteiger partial charge is 0.464 e. The van der Waals surface area contributed by atoms with Gasteiger partial charge in [-0.3, -0.25) is 9.59 Å². The van der Waals surface area contributed by atoms with Crippen LogP contribution in [0.2, 0.25) is 0 Å². The highest BCUT2D eigenvalue weighted by atomic mass is 32.2. The molecule has 0 bridgehead atoms. The Hall–Kier alpha value is -0.710. The van der Waals surface area contributed by atoms with Gasteiger partial charge in [-0.2, -0.15) is 0 Å². The maximum Gasteiger partial charge on any atom is 0.325 e. The second kappa shape index (κ2) is 10.2. The average molecular weight is 275 g/mol. The number of carbonyl (C=O) groups is 2. The minimum Gasteiger partial charge on any atom is -0.464 e. The summed E-state index contributed by atoms with van der Waals surface area (Å²) in [6.07, 6.45) is 1.85. The molecule has 5 heteroatoms. The van der Waals surface area contributed by atoms with Crippen molar-refractivity contribution in [2.45, 2.75) is 45.8 Å². The molecule has 0 fully saturated rings. The molecule has 4 nitrogen and oxygen atoms in total. The number of rotatable bonds is 9. The van der Waals surface area contributed by atoms with Crippen molar-refractivity contribution in [1.82, 2.24) is 5.32 Å². The zero-order valence-electron chi connectivity index (χ0n) is 11.8. The second-order valence-electron chi connectivity index (χ2n) is 4.41. The molecule has 0 aromatic carbocycles. The molecule has 0 aromatic heterocycles. The molecule has 0 saturated heterocycles. The molecular weight excluding hydrogens is 250 g/mol. The molecule has 0 radical (unpaired) electrons. The summed E-state index contributed by atoms with van der Waals surface area (Å²) in [5, 5.41) is 2.54. The Morgan fingerprint density at radius 3 is 2.44 bits per heavy atom. The Balaban J connectivity index is 3.95.